The normalized spacial score (nSPS) is 11.1. The van der Waals surface area contributed by atoms with Crippen molar-refractivity contribution in [1.29, 1.82) is 0 Å². The Morgan fingerprint density at radius 1 is 1.50 bits per heavy atom. The molecule has 0 atom stereocenters. The van der Waals surface area contributed by atoms with Gasteiger partial charge < -0.3 is 5.73 Å². The van der Waals surface area contributed by atoms with Crippen LogP contribution in [-0.4, -0.2) is 14.8 Å². The average molecular weight is 208 g/mol. The van der Waals surface area contributed by atoms with Gasteiger partial charge in [-0.3, -0.25) is 4.68 Å². The van der Waals surface area contributed by atoms with Gasteiger partial charge in [0.1, 0.15) is 10.7 Å². The maximum absolute atomic E-state index is 5.85. The molecule has 74 valence electrons. The van der Waals surface area contributed by atoms with E-state index in [1.165, 1.54) is 0 Å². The zero-order chi connectivity index (χ0) is 10.1. The molecule has 0 aliphatic carbocycles. The van der Waals surface area contributed by atoms with Crippen LogP contribution in [0.4, 0.5) is 5.69 Å². The van der Waals surface area contributed by atoms with E-state index in [1.807, 2.05) is 16.3 Å². The second kappa shape index (κ2) is 3.42. The van der Waals surface area contributed by atoms with Crippen LogP contribution in [0.15, 0.2) is 17.8 Å². The van der Waals surface area contributed by atoms with Gasteiger partial charge in [0.25, 0.3) is 0 Å². The van der Waals surface area contributed by atoms with Crippen LogP contribution in [0.1, 0.15) is 19.9 Å². The lowest BCUT2D eigenvalue weighted by molar-refractivity contribution is 0.534. The molecule has 0 unspecified atom stereocenters. The van der Waals surface area contributed by atoms with Crippen molar-refractivity contribution in [2.75, 3.05) is 5.73 Å². The molecule has 0 saturated carbocycles. The minimum Gasteiger partial charge on any atom is -0.396 e. The highest BCUT2D eigenvalue weighted by atomic mass is 32.1. The molecule has 0 bridgehead atoms. The quantitative estimate of drug-likeness (QED) is 0.822. The van der Waals surface area contributed by atoms with Crippen LogP contribution in [0.3, 0.4) is 0 Å². The topological polar surface area (TPSA) is 56.7 Å². The predicted molar refractivity (Wildman–Crippen MR) is 58.1 cm³/mol. The van der Waals surface area contributed by atoms with Crippen molar-refractivity contribution in [3.8, 4) is 10.7 Å². The third kappa shape index (κ3) is 1.50. The van der Waals surface area contributed by atoms with Crippen molar-refractivity contribution in [3.05, 3.63) is 17.8 Å². The Bertz CT molecular complexity index is 416. The molecule has 5 heteroatoms. The second-order valence-corrected chi connectivity index (χ2v) is 4.24. The van der Waals surface area contributed by atoms with Gasteiger partial charge in [-0.05, 0) is 13.8 Å². The fraction of sp³-hybridized carbons (Fsp3) is 0.333. The van der Waals surface area contributed by atoms with E-state index in [-0.39, 0.29) is 0 Å². The smallest absolute Gasteiger partial charge is 0.145 e. The SMILES string of the molecule is CC(C)n1cc(N)c(-c2nccs2)n1. The van der Waals surface area contributed by atoms with E-state index < -0.39 is 0 Å². The Kier molecular flexibility index (Phi) is 2.25. The lowest BCUT2D eigenvalue weighted by atomic mass is 10.4. The van der Waals surface area contributed by atoms with Gasteiger partial charge in [-0.2, -0.15) is 5.10 Å². The average Bonchev–Trinajstić information content (AvgIpc) is 2.71. The number of anilines is 1. The number of hydrogen-bond donors (Lipinski definition) is 1. The lowest BCUT2D eigenvalue weighted by Gasteiger charge is -2.02. The van der Waals surface area contributed by atoms with Crippen molar-refractivity contribution in [1.82, 2.24) is 14.8 Å². The molecule has 0 aromatic carbocycles. The van der Waals surface area contributed by atoms with Crippen LogP contribution in [0.2, 0.25) is 0 Å². The molecule has 4 nitrogen and oxygen atoms in total. The zero-order valence-electron chi connectivity index (χ0n) is 8.14. The monoisotopic (exact) mass is 208 g/mol. The number of nitrogen functional groups attached to an aromatic ring is 1. The third-order valence-corrected chi connectivity index (χ3v) is 2.70. The molecular weight excluding hydrogens is 196 g/mol. The molecule has 2 heterocycles. The van der Waals surface area contributed by atoms with Crippen LogP contribution < -0.4 is 5.73 Å². The van der Waals surface area contributed by atoms with Crippen molar-refractivity contribution < 1.29 is 0 Å². The summed E-state index contributed by atoms with van der Waals surface area (Å²) in [5.74, 6) is 0. The first-order chi connectivity index (χ1) is 6.68. The maximum atomic E-state index is 5.85. The first-order valence-electron chi connectivity index (χ1n) is 4.43. The Morgan fingerprint density at radius 3 is 2.79 bits per heavy atom. The van der Waals surface area contributed by atoms with Gasteiger partial charge in [0.05, 0.1) is 5.69 Å². The molecular formula is C9H12N4S. The lowest BCUT2D eigenvalue weighted by Crippen LogP contribution is -2.00. The number of hydrogen-bond acceptors (Lipinski definition) is 4. The van der Waals surface area contributed by atoms with Crippen LogP contribution >= 0.6 is 11.3 Å². The Balaban J connectivity index is 2.45. The molecule has 14 heavy (non-hydrogen) atoms. The van der Waals surface area contributed by atoms with Gasteiger partial charge in [-0.1, -0.05) is 0 Å². The number of nitrogens with two attached hydrogens (primary N) is 1. The summed E-state index contributed by atoms with van der Waals surface area (Å²) in [5.41, 5.74) is 7.33. The highest BCUT2D eigenvalue weighted by Gasteiger charge is 2.11. The molecule has 2 aromatic heterocycles. The van der Waals surface area contributed by atoms with E-state index in [2.05, 4.69) is 23.9 Å². The Hall–Kier alpha value is -1.36. The van der Waals surface area contributed by atoms with Gasteiger partial charge >= 0.3 is 0 Å². The summed E-state index contributed by atoms with van der Waals surface area (Å²) in [5, 5.41) is 7.19. The van der Waals surface area contributed by atoms with Crippen LogP contribution in [0.25, 0.3) is 10.7 Å². The molecule has 0 spiro atoms. The largest absolute Gasteiger partial charge is 0.396 e. The van der Waals surface area contributed by atoms with Crippen LogP contribution in [0, 0.1) is 0 Å². The molecule has 0 radical (unpaired) electrons. The number of thiazole rings is 1. The first kappa shape index (κ1) is 9.21. The van der Waals surface area contributed by atoms with Gasteiger partial charge in [-0.25, -0.2) is 4.98 Å². The molecule has 0 saturated heterocycles. The van der Waals surface area contributed by atoms with Gasteiger partial charge in [0.2, 0.25) is 0 Å². The highest BCUT2D eigenvalue weighted by Crippen LogP contribution is 2.26. The van der Waals surface area contributed by atoms with E-state index >= 15 is 0 Å². The third-order valence-electron chi connectivity index (χ3n) is 1.92. The molecule has 2 rings (SSSR count). The fourth-order valence-electron chi connectivity index (χ4n) is 1.18. The molecule has 0 aliphatic rings. The summed E-state index contributed by atoms with van der Waals surface area (Å²) in [4.78, 5) is 4.18. The summed E-state index contributed by atoms with van der Waals surface area (Å²) < 4.78 is 1.85. The summed E-state index contributed by atoms with van der Waals surface area (Å²) in [6.07, 6.45) is 3.61. The Labute approximate surface area is 86.4 Å². The van der Waals surface area contributed by atoms with Crippen molar-refractivity contribution in [3.63, 3.8) is 0 Å². The minimum atomic E-state index is 0.325. The molecule has 2 aromatic rings. The van der Waals surface area contributed by atoms with Gasteiger partial charge in [-0.15, -0.1) is 11.3 Å². The molecule has 0 amide bonds. The van der Waals surface area contributed by atoms with E-state index in [1.54, 1.807) is 17.5 Å². The van der Waals surface area contributed by atoms with E-state index in [4.69, 9.17) is 5.73 Å². The van der Waals surface area contributed by atoms with Crippen LogP contribution in [-0.2, 0) is 0 Å². The fourth-order valence-corrected chi connectivity index (χ4v) is 1.82. The zero-order valence-corrected chi connectivity index (χ0v) is 8.95. The molecule has 0 fully saturated rings. The number of nitrogens with zero attached hydrogens (tertiary/aromatic N) is 3. The Morgan fingerprint density at radius 2 is 2.29 bits per heavy atom. The van der Waals surface area contributed by atoms with Crippen molar-refractivity contribution in [2.24, 2.45) is 0 Å². The summed E-state index contributed by atoms with van der Waals surface area (Å²) in [6, 6.07) is 0.325. The standard InChI is InChI=1S/C9H12N4S/c1-6(2)13-5-7(10)8(12-13)9-11-3-4-14-9/h3-6H,10H2,1-2H3. The van der Waals surface area contributed by atoms with E-state index in [0.29, 0.717) is 11.7 Å². The minimum absolute atomic E-state index is 0.325. The second-order valence-electron chi connectivity index (χ2n) is 3.34. The summed E-state index contributed by atoms with van der Waals surface area (Å²) >= 11 is 1.55. The number of rotatable bonds is 2. The maximum Gasteiger partial charge on any atom is 0.145 e. The van der Waals surface area contributed by atoms with Crippen LogP contribution in [0.5, 0.6) is 0 Å². The summed E-state index contributed by atoms with van der Waals surface area (Å²) in [6.45, 7) is 4.14. The summed E-state index contributed by atoms with van der Waals surface area (Å²) in [7, 11) is 0. The van der Waals surface area contributed by atoms with Crippen molar-refractivity contribution >= 4 is 17.0 Å². The highest BCUT2D eigenvalue weighted by molar-refractivity contribution is 7.13. The van der Waals surface area contributed by atoms with Crippen molar-refractivity contribution in [2.45, 2.75) is 19.9 Å². The molecule has 2 N–H and O–H groups in total. The van der Waals surface area contributed by atoms with Gasteiger partial charge in [0, 0.05) is 23.8 Å². The van der Waals surface area contributed by atoms with E-state index in [9.17, 15) is 0 Å². The number of aromatic nitrogens is 3. The molecule has 0 aliphatic heterocycles. The van der Waals surface area contributed by atoms with E-state index in [0.717, 1.165) is 10.7 Å². The first-order valence-corrected chi connectivity index (χ1v) is 5.31. The predicted octanol–water partition coefficient (Wildman–Crippen LogP) is 2.17. The van der Waals surface area contributed by atoms with Gasteiger partial charge in [0.15, 0.2) is 0 Å².